The molecule has 24 atom stereocenters. The standard InChI is InChI=1S/C47H76O17/c1-21-11-16-47(41(57)64-40-36(33(54)31(52)25(19-48)61-40)63-39-35(56)32(53)29(50)22(2)60-39)18-17-44(6)23(37(47)46(21,8)58)9-10-27-43(5)14-13-28(42(3,4)26(43)12-15-45(27,44)7)62-38-34(55)30(51)24(49)20-59-38/h9,21-22,24-40,48-56,58H,10-20H2,1-8H3/t21-,22+,24+,25-,26+,27-,28+,29+,30+,31-,32-,33+,34-,35-,36-,37-,38+,39+,40+,43+,44-,45-,46-,47+/m1/s1. The molecule has 0 aromatic rings. The Kier molecular flexibility index (Phi) is 13.0. The summed E-state index contributed by atoms with van der Waals surface area (Å²) in [5.41, 5.74) is -2.67. The third-order valence-corrected chi connectivity index (χ3v) is 19.3. The van der Waals surface area contributed by atoms with E-state index >= 15 is 4.79 Å². The summed E-state index contributed by atoms with van der Waals surface area (Å²) in [4.78, 5) is 15.2. The smallest absolute Gasteiger partial charge is 0.315 e. The highest BCUT2D eigenvalue weighted by atomic mass is 16.8. The topological polar surface area (TPSA) is 275 Å². The number of hydrogen-bond acceptors (Lipinski definition) is 17. The van der Waals surface area contributed by atoms with Crippen LogP contribution in [0.1, 0.15) is 113 Å². The number of aliphatic hydroxyl groups is 10. The van der Waals surface area contributed by atoms with Gasteiger partial charge in [0.2, 0.25) is 6.29 Å². The molecule has 3 aliphatic heterocycles. The minimum Gasteiger partial charge on any atom is -0.432 e. The van der Waals surface area contributed by atoms with E-state index < -0.39 is 121 Å². The lowest BCUT2D eigenvalue weighted by Gasteiger charge is -2.72. The van der Waals surface area contributed by atoms with Crippen LogP contribution in [0.15, 0.2) is 11.6 Å². The number of carbonyl (C=O) groups is 1. The zero-order chi connectivity index (χ0) is 46.9. The minimum atomic E-state index is -1.80. The number of rotatable bonds is 7. The molecule has 64 heavy (non-hydrogen) atoms. The average molecular weight is 913 g/mol. The molecule has 0 radical (unpaired) electrons. The summed E-state index contributed by atoms with van der Waals surface area (Å²) in [5, 5.41) is 108. The first-order valence-corrected chi connectivity index (χ1v) is 23.7. The van der Waals surface area contributed by atoms with Crippen molar-refractivity contribution in [1.29, 1.82) is 0 Å². The van der Waals surface area contributed by atoms with Gasteiger partial charge in [0.1, 0.15) is 54.9 Å². The lowest BCUT2D eigenvalue weighted by molar-refractivity contribution is -0.361. The summed E-state index contributed by atoms with van der Waals surface area (Å²) in [6, 6.07) is 0. The monoisotopic (exact) mass is 913 g/mol. The first-order chi connectivity index (χ1) is 29.8. The average Bonchev–Trinajstić information content (AvgIpc) is 3.24. The van der Waals surface area contributed by atoms with Crippen molar-refractivity contribution in [3.63, 3.8) is 0 Å². The zero-order valence-corrected chi connectivity index (χ0v) is 38.7. The van der Waals surface area contributed by atoms with E-state index in [2.05, 4.69) is 40.7 Å². The number of carbonyl (C=O) groups excluding carboxylic acids is 1. The second-order valence-corrected chi connectivity index (χ2v) is 22.7. The van der Waals surface area contributed by atoms with Gasteiger partial charge in [-0.05, 0) is 111 Å². The Morgan fingerprint density at radius 2 is 1.41 bits per heavy atom. The largest absolute Gasteiger partial charge is 0.432 e. The van der Waals surface area contributed by atoms with E-state index in [9.17, 15) is 51.1 Å². The third kappa shape index (κ3) is 7.23. The Hall–Kier alpha value is -1.39. The predicted octanol–water partition coefficient (Wildman–Crippen LogP) is 0.778. The molecule has 0 amide bonds. The van der Waals surface area contributed by atoms with Gasteiger partial charge in [-0.3, -0.25) is 4.79 Å². The fraction of sp³-hybridized carbons (Fsp3) is 0.936. The Labute approximate surface area is 376 Å². The van der Waals surface area contributed by atoms with E-state index in [0.29, 0.717) is 32.1 Å². The van der Waals surface area contributed by atoms with Crippen molar-refractivity contribution in [3.8, 4) is 0 Å². The predicted molar refractivity (Wildman–Crippen MR) is 224 cm³/mol. The summed E-state index contributed by atoms with van der Waals surface area (Å²) >= 11 is 0. The number of fused-ring (bicyclic) bond motifs is 7. The molecular weight excluding hydrogens is 836 g/mol. The third-order valence-electron chi connectivity index (χ3n) is 19.3. The minimum absolute atomic E-state index is 0.123. The van der Waals surface area contributed by atoms with Crippen molar-refractivity contribution in [2.24, 2.45) is 50.7 Å². The van der Waals surface area contributed by atoms with Gasteiger partial charge in [-0.25, -0.2) is 0 Å². The molecule has 8 rings (SSSR count). The van der Waals surface area contributed by atoms with Gasteiger partial charge in [-0.15, -0.1) is 0 Å². The number of hydrogen-bond donors (Lipinski definition) is 10. The van der Waals surface area contributed by atoms with Crippen LogP contribution in [0, 0.1) is 50.7 Å². The maximum absolute atomic E-state index is 15.2. The lowest BCUT2D eigenvalue weighted by atomic mass is 9.33. The van der Waals surface area contributed by atoms with E-state index in [0.717, 1.165) is 31.3 Å². The molecule has 0 unspecified atom stereocenters. The molecule has 366 valence electrons. The van der Waals surface area contributed by atoms with Gasteiger partial charge in [0, 0.05) is 5.92 Å². The van der Waals surface area contributed by atoms with E-state index in [1.54, 1.807) is 0 Å². The van der Waals surface area contributed by atoms with E-state index in [-0.39, 0.29) is 46.7 Å². The maximum Gasteiger partial charge on any atom is 0.315 e. The van der Waals surface area contributed by atoms with Crippen molar-refractivity contribution in [2.45, 2.75) is 211 Å². The molecule has 7 fully saturated rings. The van der Waals surface area contributed by atoms with Crippen LogP contribution >= 0.6 is 0 Å². The van der Waals surface area contributed by atoms with Crippen LogP contribution in [0.25, 0.3) is 0 Å². The number of esters is 1. The second-order valence-electron chi connectivity index (χ2n) is 22.7. The van der Waals surface area contributed by atoms with Gasteiger partial charge in [-0.2, -0.15) is 0 Å². The highest BCUT2D eigenvalue weighted by Gasteiger charge is 2.72. The fourth-order valence-corrected chi connectivity index (χ4v) is 14.9. The molecule has 5 aliphatic carbocycles. The molecule has 8 aliphatic rings. The van der Waals surface area contributed by atoms with Crippen LogP contribution in [-0.4, -0.2) is 168 Å². The van der Waals surface area contributed by atoms with Gasteiger partial charge < -0.3 is 79.5 Å². The first-order valence-electron chi connectivity index (χ1n) is 23.7. The van der Waals surface area contributed by atoms with Gasteiger partial charge in [-0.1, -0.05) is 53.2 Å². The Bertz CT molecular complexity index is 1760. The Morgan fingerprint density at radius 1 is 0.719 bits per heavy atom. The summed E-state index contributed by atoms with van der Waals surface area (Å²) in [5.74, 6) is -1.05. The van der Waals surface area contributed by atoms with E-state index in [1.807, 2.05) is 13.8 Å². The molecule has 4 saturated carbocycles. The highest BCUT2D eigenvalue weighted by Crippen LogP contribution is 2.76. The van der Waals surface area contributed by atoms with Crippen LogP contribution in [0.4, 0.5) is 0 Å². The van der Waals surface area contributed by atoms with Crippen LogP contribution in [0.3, 0.4) is 0 Å². The molecule has 0 aromatic heterocycles. The molecule has 17 nitrogen and oxygen atoms in total. The van der Waals surface area contributed by atoms with Crippen LogP contribution in [-0.2, 0) is 33.2 Å². The molecule has 0 spiro atoms. The SMILES string of the molecule is C[C@@H]1O[C@@H](O[C@H]2[C@H](OC(=O)[C@]34CC[C@@H](C)[C@@](C)(O)[C@H]3C3=CC[C@@H]5[C@@]6(C)CC[C@H](O[C@@H]7OC[C@H](O)[C@H](O)[C@H]7O)C(C)(C)[C@@H]6CC[C@@]5(C)[C@]3(C)CC4)O[C@H](CO)[C@@H](O)[C@@H]2O)[C@H](O)[C@H](O)[C@H]1O. The number of allylic oxidation sites excluding steroid dienone is 1. The normalized spacial score (nSPS) is 56.1. The molecule has 3 heterocycles. The second kappa shape index (κ2) is 16.9. The molecule has 10 N–H and O–H groups in total. The van der Waals surface area contributed by atoms with Crippen molar-refractivity contribution >= 4 is 5.97 Å². The van der Waals surface area contributed by atoms with Crippen molar-refractivity contribution in [3.05, 3.63) is 11.6 Å². The summed E-state index contributed by atoms with van der Waals surface area (Å²) in [6.45, 7) is 16.0. The highest BCUT2D eigenvalue weighted by molar-refractivity contribution is 5.79. The van der Waals surface area contributed by atoms with Gasteiger partial charge in [0.25, 0.3) is 0 Å². The lowest BCUT2D eigenvalue weighted by Crippen LogP contribution is -2.68. The van der Waals surface area contributed by atoms with Crippen LogP contribution < -0.4 is 0 Å². The molecule has 0 bridgehead atoms. The Morgan fingerprint density at radius 3 is 2.09 bits per heavy atom. The molecule has 17 heteroatoms. The molecule has 0 aromatic carbocycles. The van der Waals surface area contributed by atoms with E-state index in [1.165, 1.54) is 6.92 Å². The van der Waals surface area contributed by atoms with Gasteiger partial charge in [0.15, 0.2) is 18.7 Å². The summed E-state index contributed by atoms with van der Waals surface area (Å²) in [7, 11) is 0. The van der Waals surface area contributed by atoms with Crippen molar-refractivity contribution < 1.29 is 84.3 Å². The summed E-state index contributed by atoms with van der Waals surface area (Å²) < 4.78 is 36.0. The van der Waals surface area contributed by atoms with Crippen LogP contribution in [0.2, 0.25) is 0 Å². The fourth-order valence-electron chi connectivity index (χ4n) is 14.9. The van der Waals surface area contributed by atoms with Crippen molar-refractivity contribution in [2.75, 3.05) is 13.2 Å². The van der Waals surface area contributed by atoms with Crippen molar-refractivity contribution in [1.82, 2.24) is 0 Å². The summed E-state index contributed by atoms with van der Waals surface area (Å²) in [6.07, 6.45) is -12.7. The van der Waals surface area contributed by atoms with Gasteiger partial charge >= 0.3 is 5.97 Å². The number of aliphatic hydroxyl groups excluding tert-OH is 9. The molecular formula is C47H76O17. The Balaban J connectivity index is 1.09. The number of ether oxygens (including phenoxy) is 6. The maximum atomic E-state index is 15.2. The van der Waals surface area contributed by atoms with E-state index in [4.69, 9.17) is 28.4 Å². The van der Waals surface area contributed by atoms with Gasteiger partial charge in [0.05, 0.1) is 36.4 Å². The first kappa shape index (κ1) is 49.0. The molecule has 3 saturated heterocycles. The zero-order valence-electron chi connectivity index (χ0n) is 38.7. The van der Waals surface area contributed by atoms with Crippen LogP contribution in [0.5, 0.6) is 0 Å². The quantitative estimate of drug-likeness (QED) is 0.0960.